The molecule has 15 heteroatoms. The molecule has 1 unspecified atom stereocenters. The number of likely N-dealkylation sites (N-methyl/N-ethyl adjacent to an activating group) is 1. The Morgan fingerprint density at radius 1 is 1.14 bits per heavy atom. The van der Waals surface area contributed by atoms with E-state index in [2.05, 4.69) is 20.1 Å². The van der Waals surface area contributed by atoms with E-state index < -0.39 is 24.5 Å². The van der Waals surface area contributed by atoms with Crippen LogP contribution in [0.2, 0.25) is 5.02 Å². The highest BCUT2D eigenvalue weighted by Gasteiger charge is 2.39. The highest BCUT2D eigenvalue weighted by atomic mass is 35.5. The number of aliphatic hydroxyl groups excluding tert-OH is 1. The second-order valence-electron chi connectivity index (χ2n) is 10.2. The van der Waals surface area contributed by atoms with Crippen LogP contribution in [-0.4, -0.2) is 95.4 Å². The molecule has 2 aromatic carbocycles. The Balaban J connectivity index is 1.43. The molecule has 1 aliphatic heterocycles. The van der Waals surface area contributed by atoms with E-state index in [0.717, 1.165) is 15.7 Å². The summed E-state index contributed by atoms with van der Waals surface area (Å²) >= 11 is 5.94. The van der Waals surface area contributed by atoms with Gasteiger partial charge in [-0.2, -0.15) is 13.2 Å². The first-order chi connectivity index (χ1) is 19.9. The Morgan fingerprint density at radius 3 is 2.52 bits per heavy atom. The van der Waals surface area contributed by atoms with Crippen molar-refractivity contribution < 1.29 is 23.1 Å². The summed E-state index contributed by atoms with van der Waals surface area (Å²) in [5, 5.41) is 18.7. The maximum atomic E-state index is 13.4. The first kappa shape index (κ1) is 29.5. The summed E-state index contributed by atoms with van der Waals surface area (Å²) in [4.78, 5) is 34.7. The number of alkyl halides is 3. The molecule has 1 N–H and O–H groups in total. The Hall–Kier alpha value is -4.01. The van der Waals surface area contributed by atoms with E-state index >= 15 is 0 Å². The van der Waals surface area contributed by atoms with Gasteiger partial charge in [-0.05, 0) is 56.9 Å². The molecule has 42 heavy (non-hydrogen) atoms. The second-order valence-corrected chi connectivity index (χ2v) is 10.7. The van der Waals surface area contributed by atoms with Crippen molar-refractivity contribution in [3.8, 4) is 17.1 Å². The van der Waals surface area contributed by atoms with Gasteiger partial charge in [-0.3, -0.25) is 9.36 Å². The van der Waals surface area contributed by atoms with Crippen LogP contribution in [-0.2, 0) is 13.1 Å². The van der Waals surface area contributed by atoms with Gasteiger partial charge >= 0.3 is 11.9 Å². The van der Waals surface area contributed by atoms with E-state index in [1.807, 2.05) is 14.1 Å². The molecule has 2 aromatic heterocycles. The molecule has 1 amide bonds. The van der Waals surface area contributed by atoms with Crippen molar-refractivity contribution in [3.63, 3.8) is 0 Å². The predicted octanol–water partition coefficient (Wildman–Crippen LogP) is 2.69. The number of hydrogen-bond donors (Lipinski definition) is 1. The maximum absolute atomic E-state index is 13.4. The lowest BCUT2D eigenvalue weighted by Crippen LogP contribution is -2.37. The zero-order chi connectivity index (χ0) is 30.2. The van der Waals surface area contributed by atoms with Gasteiger partial charge in [0.05, 0.1) is 17.8 Å². The Bertz CT molecular complexity index is 1630. The quantitative estimate of drug-likeness (QED) is 0.329. The van der Waals surface area contributed by atoms with Gasteiger partial charge in [0.1, 0.15) is 12.9 Å². The number of para-hydroxylation sites is 1. The van der Waals surface area contributed by atoms with Crippen LogP contribution < -0.4 is 5.69 Å². The highest BCUT2D eigenvalue weighted by molar-refractivity contribution is 6.30. The van der Waals surface area contributed by atoms with Crippen molar-refractivity contribution in [2.24, 2.45) is 0 Å². The smallest absolute Gasteiger partial charge is 0.382 e. The second kappa shape index (κ2) is 11.7. The minimum Gasteiger partial charge on any atom is -0.382 e. The van der Waals surface area contributed by atoms with Crippen LogP contribution in [0, 0.1) is 0 Å². The van der Waals surface area contributed by atoms with Crippen LogP contribution in [0.5, 0.6) is 0 Å². The number of carbonyl (C=O) groups excluding carboxylic acids is 1. The molecule has 11 nitrogen and oxygen atoms in total. The number of halogens is 4. The van der Waals surface area contributed by atoms with E-state index in [0.29, 0.717) is 34.9 Å². The SMILES string of the molecule is CN(C)[C@@H]1CCN(C(=O)c2ccccc2-n2cnc(Cn3nc(-c4ccc(Cl)cc4)n(CC(O)C(F)(F)F)c3=O)n2)C1. The van der Waals surface area contributed by atoms with E-state index in [1.54, 1.807) is 29.2 Å². The fraction of sp³-hybridized carbons (Fsp3) is 0.370. The number of nitrogens with zero attached hydrogens (tertiary/aromatic N) is 8. The van der Waals surface area contributed by atoms with Crippen LogP contribution >= 0.6 is 11.6 Å². The monoisotopic (exact) mass is 604 g/mol. The summed E-state index contributed by atoms with van der Waals surface area (Å²) in [6.45, 7) is -0.0896. The van der Waals surface area contributed by atoms with Crippen molar-refractivity contribution in [3.05, 3.63) is 81.8 Å². The van der Waals surface area contributed by atoms with Crippen LogP contribution in [0.25, 0.3) is 17.1 Å². The molecular weight excluding hydrogens is 577 g/mol. The van der Waals surface area contributed by atoms with Crippen LogP contribution in [0.4, 0.5) is 13.2 Å². The minimum atomic E-state index is -4.94. The lowest BCUT2D eigenvalue weighted by atomic mass is 10.1. The lowest BCUT2D eigenvalue weighted by Gasteiger charge is -2.21. The van der Waals surface area contributed by atoms with Gasteiger partial charge in [-0.1, -0.05) is 23.7 Å². The van der Waals surface area contributed by atoms with Gasteiger partial charge in [-0.15, -0.1) is 10.2 Å². The third kappa shape index (κ3) is 6.10. The van der Waals surface area contributed by atoms with E-state index in [-0.39, 0.29) is 30.1 Å². The van der Waals surface area contributed by atoms with Crippen molar-refractivity contribution >= 4 is 17.5 Å². The summed E-state index contributed by atoms with van der Waals surface area (Å²) in [6.07, 6.45) is -5.46. The molecule has 0 bridgehead atoms. The van der Waals surface area contributed by atoms with Crippen molar-refractivity contribution in [1.82, 2.24) is 38.9 Å². The first-order valence-corrected chi connectivity index (χ1v) is 13.4. The normalized spacial score (nSPS) is 16.4. The zero-order valence-electron chi connectivity index (χ0n) is 22.7. The minimum absolute atomic E-state index is 0.0861. The van der Waals surface area contributed by atoms with Gasteiger partial charge in [-0.25, -0.2) is 19.1 Å². The molecular formula is C27H28ClF3N8O3. The number of carbonyl (C=O) groups is 1. The fourth-order valence-corrected chi connectivity index (χ4v) is 4.92. The Kier molecular flexibility index (Phi) is 8.21. The van der Waals surface area contributed by atoms with Crippen LogP contribution in [0.1, 0.15) is 22.6 Å². The number of likely N-dealkylation sites (tertiary alicyclic amines) is 1. The molecule has 1 aliphatic rings. The average Bonchev–Trinajstić information content (AvgIpc) is 3.70. The van der Waals surface area contributed by atoms with E-state index in [9.17, 15) is 27.9 Å². The molecule has 1 fully saturated rings. The third-order valence-electron chi connectivity index (χ3n) is 7.15. The molecule has 5 rings (SSSR count). The van der Waals surface area contributed by atoms with E-state index in [1.165, 1.54) is 35.3 Å². The standard InChI is InChI=1S/C27H28ClF3N8O3/c1-35(2)19-11-12-36(13-19)25(41)20-5-3-4-6-21(20)39-16-32-23(33-39)15-38-26(42)37(14-22(40)27(29,30)31)24(34-38)17-7-9-18(28)10-8-17/h3-10,16,19,22,40H,11-15H2,1-2H3/t19-,22?/m1/s1. The number of benzene rings is 2. The maximum Gasteiger partial charge on any atom is 0.416 e. The Morgan fingerprint density at radius 2 is 1.86 bits per heavy atom. The predicted molar refractivity (Wildman–Crippen MR) is 147 cm³/mol. The lowest BCUT2D eigenvalue weighted by molar-refractivity contribution is -0.207. The summed E-state index contributed by atoms with van der Waals surface area (Å²) in [6, 6.07) is 13.3. The molecule has 1 saturated heterocycles. The van der Waals surface area contributed by atoms with Gasteiger partial charge in [0.2, 0.25) is 0 Å². The molecule has 0 spiro atoms. The van der Waals surface area contributed by atoms with Crippen molar-refractivity contribution in [2.45, 2.75) is 37.8 Å². The third-order valence-corrected chi connectivity index (χ3v) is 7.40. The number of hydrogen-bond acceptors (Lipinski definition) is 7. The molecule has 2 atom stereocenters. The Labute approximate surface area is 243 Å². The summed E-state index contributed by atoms with van der Waals surface area (Å²) in [5.74, 6) is -0.0911. The summed E-state index contributed by atoms with van der Waals surface area (Å²) in [7, 11) is 3.96. The fourth-order valence-electron chi connectivity index (χ4n) is 4.79. The molecule has 0 aliphatic carbocycles. The number of aliphatic hydroxyl groups is 1. The summed E-state index contributed by atoms with van der Waals surface area (Å²) < 4.78 is 42.5. The van der Waals surface area contributed by atoms with Gasteiger partial charge in [0.15, 0.2) is 17.8 Å². The van der Waals surface area contributed by atoms with Crippen molar-refractivity contribution in [1.29, 1.82) is 0 Å². The van der Waals surface area contributed by atoms with Crippen LogP contribution in [0.15, 0.2) is 59.7 Å². The van der Waals surface area contributed by atoms with Crippen LogP contribution in [0.3, 0.4) is 0 Å². The zero-order valence-corrected chi connectivity index (χ0v) is 23.5. The number of amides is 1. The molecule has 222 valence electrons. The van der Waals surface area contributed by atoms with Gasteiger partial charge < -0.3 is 14.9 Å². The topological polar surface area (TPSA) is 114 Å². The van der Waals surface area contributed by atoms with Crippen molar-refractivity contribution in [2.75, 3.05) is 27.2 Å². The number of aromatic nitrogens is 6. The molecule has 0 radical (unpaired) electrons. The highest BCUT2D eigenvalue weighted by Crippen LogP contribution is 2.25. The molecule has 3 heterocycles. The molecule has 0 saturated carbocycles. The summed E-state index contributed by atoms with van der Waals surface area (Å²) in [5.41, 5.74) is 0.358. The van der Waals surface area contributed by atoms with Gasteiger partial charge in [0, 0.05) is 29.7 Å². The van der Waals surface area contributed by atoms with Gasteiger partial charge in [0.25, 0.3) is 5.91 Å². The largest absolute Gasteiger partial charge is 0.416 e. The molecule has 4 aromatic rings. The first-order valence-electron chi connectivity index (χ1n) is 13.1. The number of rotatable bonds is 8. The average molecular weight is 605 g/mol. The van der Waals surface area contributed by atoms with E-state index in [4.69, 9.17) is 11.6 Å².